The number of esters is 1. The topological polar surface area (TPSA) is 127 Å². The number of allylic oxidation sites excluding steroid dienone is 1. The third kappa shape index (κ3) is 4.06. The van der Waals surface area contributed by atoms with Crippen LogP contribution in [-0.4, -0.2) is 85.2 Å². The van der Waals surface area contributed by atoms with E-state index < -0.39 is 54.1 Å². The highest BCUT2D eigenvalue weighted by atomic mass is 16.6. The number of aliphatic hydroxyl groups excluding tert-OH is 1. The van der Waals surface area contributed by atoms with Gasteiger partial charge in [0, 0.05) is 6.54 Å². The van der Waals surface area contributed by atoms with Crippen molar-refractivity contribution in [1.82, 2.24) is 24.8 Å². The van der Waals surface area contributed by atoms with Crippen LogP contribution in [-0.2, 0) is 30.5 Å². The van der Waals surface area contributed by atoms with E-state index in [-0.39, 0.29) is 25.7 Å². The lowest BCUT2D eigenvalue weighted by Gasteiger charge is -2.38. The number of carbonyl (C=O) groups excluding carboxylic acids is 3. The maximum absolute atomic E-state index is 14.6. The van der Waals surface area contributed by atoms with Crippen molar-refractivity contribution in [2.75, 3.05) is 19.8 Å². The lowest BCUT2D eigenvalue weighted by Crippen LogP contribution is -2.56. The molecule has 2 aromatic carbocycles. The molecule has 7 rings (SSSR count). The van der Waals surface area contributed by atoms with Gasteiger partial charge >= 0.3 is 5.97 Å². The SMILES string of the molecule is O=C1OCCC/C=C\[C@H]2O[C@]34C=CCN(Cn5nnc6ccccc65)C(=O)C3N([C@H](CO)c3ccccc3)C(=O)[C@@H]4[C@@H]12. The molecule has 6 atom stereocenters. The first-order chi connectivity index (χ1) is 20.5. The van der Waals surface area contributed by atoms with Crippen LogP contribution in [0, 0.1) is 11.8 Å². The molecule has 42 heavy (non-hydrogen) atoms. The van der Waals surface area contributed by atoms with E-state index in [1.165, 1.54) is 4.90 Å². The summed E-state index contributed by atoms with van der Waals surface area (Å²) in [5.74, 6) is -3.25. The highest BCUT2D eigenvalue weighted by Crippen LogP contribution is 2.55. The molecule has 0 saturated carbocycles. The molecule has 216 valence electrons. The Hall–Kier alpha value is -4.35. The second-order valence-electron chi connectivity index (χ2n) is 11.1. The Balaban J connectivity index is 1.34. The number of fused-ring (bicyclic) bond motifs is 3. The van der Waals surface area contributed by atoms with Crippen molar-refractivity contribution >= 4 is 28.8 Å². The van der Waals surface area contributed by atoms with Crippen LogP contribution in [0.15, 0.2) is 78.9 Å². The first-order valence-electron chi connectivity index (χ1n) is 14.3. The molecule has 0 bridgehead atoms. The summed E-state index contributed by atoms with van der Waals surface area (Å²) in [7, 11) is 0. The van der Waals surface area contributed by atoms with E-state index in [0.29, 0.717) is 23.9 Å². The second kappa shape index (κ2) is 10.5. The van der Waals surface area contributed by atoms with Gasteiger partial charge in [0.1, 0.15) is 29.7 Å². The van der Waals surface area contributed by atoms with Crippen LogP contribution in [0.2, 0.25) is 0 Å². The lowest BCUT2D eigenvalue weighted by atomic mass is 9.78. The molecule has 11 heteroatoms. The van der Waals surface area contributed by atoms with Crippen LogP contribution in [0.25, 0.3) is 11.0 Å². The number of cyclic esters (lactones) is 1. The molecule has 1 spiro atoms. The van der Waals surface area contributed by atoms with Crippen LogP contribution in [0.1, 0.15) is 24.4 Å². The van der Waals surface area contributed by atoms with Gasteiger partial charge < -0.3 is 24.4 Å². The summed E-state index contributed by atoms with van der Waals surface area (Å²) in [4.78, 5) is 45.7. The van der Waals surface area contributed by atoms with Crippen molar-refractivity contribution in [3.8, 4) is 0 Å². The number of nitrogens with zero attached hydrogens (tertiary/aromatic N) is 5. The van der Waals surface area contributed by atoms with Gasteiger partial charge in [0.15, 0.2) is 0 Å². The average Bonchev–Trinajstić information content (AvgIpc) is 3.61. The fourth-order valence-electron chi connectivity index (χ4n) is 6.92. The molecule has 4 aliphatic heterocycles. The summed E-state index contributed by atoms with van der Waals surface area (Å²) < 4.78 is 13.9. The Morgan fingerprint density at radius 2 is 1.83 bits per heavy atom. The molecule has 1 unspecified atom stereocenters. The fourth-order valence-corrected chi connectivity index (χ4v) is 6.92. The zero-order valence-electron chi connectivity index (χ0n) is 22.9. The van der Waals surface area contributed by atoms with Gasteiger partial charge in [-0.15, -0.1) is 5.10 Å². The van der Waals surface area contributed by atoms with Gasteiger partial charge in [0.25, 0.3) is 5.91 Å². The van der Waals surface area contributed by atoms with E-state index in [4.69, 9.17) is 9.47 Å². The van der Waals surface area contributed by atoms with Crippen molar-refractivity contribution < 1.29 is 29.0 Å². The van der Waals surface area contributed by atoms with E-state index in [9.17, 15) is 19.5 Å². The number of para-hydroxylation sites is 1. The lowest BCUT2D eigenvalue weighted by molar-refractivity contribution is -0.156. The molecule has 0 radical (unpaired) electrons. The number of hydrogen-bond acceptors (Lipinski definition) is 8. The summed E-state index contributed by atoms with van der Waals surface area (Å²) in [5, 5.41) is 19.1. The average molecular weight is 570 g/mol. The molecular weight excluding hydrogens is 538 g/mol. The van der Waals surface area contributed by atoms with Crippen molar-refractivity contribution in [2.45, 2.75) is 43.3 Å². The van der Waals surface area contributed by atoms with E-state index >= 15 is 0 Å². The maximum atomic E-state index is 14.6. The van der Waals surface area contributed by atoms with Gasteiger partial charge in [-0.1, -0.05) is 72.0 Å². The summed E-state index contributed by atoms with van der Waals surface area (Å²) >= 11 is 0. The fraction of sp³-hybridized carbons (Fsp3) is 0.387. The molecule has 2 amide bonds. The van der Waals surface area contributed by atoms with Crippen molar-refractivity contribution in [1.29, 1.82) is 0 Å². The summed E-state index contributed by atoms with van der Waals surface area (Å²) in [6.45, 7) is 0.143. The number of hydrogen-bond donors (Lipinski definition) is 1. The maximum Gasteiger partial charge on any atom is 0.312 e. The van der Waals surface area contributed by atoms with Crippen LogP contribution in [0.5, 0.6) is 0 Å². The minimum Gasteiger partial charge on any atom is -0.465 e. The Morgan fingerprint density at radius 3 is 2.67 bits per heavy atom. The highest BCUT2D eigenvalue weighted by molar-refractivity contribution is 5.99. The van der Waals surface area contributed by atoms with Crippen molar-refractivity contribution in [2.24, 2.45) is 11.8 Å². The van der Waals surface area contributed by atoms with Gasteiger partial charge in [0.2, 0.25) is 5.91 Å². The standard InChI is InChI=1S/C31H31N5O6/c37-18-23(20-10-3-1-4-11-20)36-27-29(39)34(19-35-22-13-7-6-12-21(22)32-33-35)16-9-15-31(27)26(28(36)38)25-24(42-31)14-5-2-8-17-41-30(25)40/h1,3-7,9-15,23-27,37H,2,8,16-19H2/b14-5-/t23-,24-,25+,26+,27?,31+/m1/s1. The third-order valence-corrected chi connectivity index (χ3v) is 8.79. The molecule has 1 N–H and O–H groups in total. The zero-order chi connectivity index (χ0) is 28.8. The summed E-state index contributed by atoms with van der Waals surface area (Å²) in [6, 6.07) is 14.6. The minimum atomic E-state index is -1.44. The molecule has 11 nitrogen and oxygen atoms in total. The summed E-state index contributed by atoms with van der Waals surface area (Å²) in [5.41, 5.74) is 0.702. The molecule has 0 aliphatic carbocycles. The van der Waals surface area contributed by atoms with Crippen molar-refractivity contribution in [3.63, 3.8) is 0 Å². The van der Waals surface area contributed by atoms with E-state index in [2.05, 4.69) is 10.3 Å². The predicted molar refractivity (Wildman–Crippen MR) is 149 cm³/mol. The predicted octanol–water partition coefficient (Wildman–Crippen LogP) is 1.99. The van der Waals surface area contributed by atoms with Gasteiger partial charge in [-0.25, -0.2) is 4.68 Å². The number of carbonyl (C=O) groups is 3. The summed E-state index contributed by atoms with van der Waals surface area (Å²) in [6.07, 6.45) is 8.00. The molecule has 1 aromatic heterocycles. The molecule has 3 aromatic rings. The molecular formula is C31H31N5O6. The number of aliphatic hydroxyl groups is 1. The van der Waals surface area contributed by atoms with E-state index in [1.807, 2.05) is 72.8 Å². The number of likely N-dealkylation sites (tertiary alicyclic amines) is 1. The number of rotatable bonds is 5. The molecule has 5 heterocycles. The van der Waals surface area contributed by atoms with Crippen LogP contribution in [0.3, 0.4) is 0 Å². The monoisotopic (exact) mass is 569 g/mol. The number of amides is 2. The largest absolute Gasteiger partial charge is 0.465 e. The number of aromatic nitrogens is 3. The zero-order valence-corrected chi connectivity index (χ0v) is 22.9. The van der Waals surface area contributed by atoms with Crippen LogP contribution >= 0.6 is 0 Å². The first kappa shape index (κ1) is 26.5. The number of ether oxygens (including phenoxy) is 2. The van der Waals surface area contributed by atoms with Crippen LogP contribution in [0.4, 0.5) is 0 Å². The normalized spacial score (nSPS) is 30.5. The highest BCUT2D eigenvalue weighted by Gasteiger charge is 2.72. The van der Waals surface area contributed by atoms with E-state index in [0.717, 1.165) is 5.52 Å². The third-order valence-electron chi connectivity index (χ3n) is 8.79. The van der Waals surface area contributed by atoms with Gasteiger partial charge in [0.05, 0.1) is 36.8 Å². The number of benzene rings is 2. The van der Waals surface area contributed by atoms with E-state index in [1.54, 1.807) is 15.7 Å². The van der Waals surface area contributed by atoms with Gasteiger partial charge in [-0.05, 0) is 30.5 Å². The Bertz CT molecular complexity index is 1590. The quantitative estimate of drug-likeness (QED) is 0.365. The molecule has 2 fully saturated rings. The van der Waals surface area contributed by atoms with Crippen molar-refractivity contribution in [3.05, 3.63) is 84.5 Å². The molecule has 2 saturated heterocycles. The smallest absolute Gasteiger partial charge is 0.312 e. The first-order valence-corrected chi connectivity index (χ1v) is 14.3. The minimum absolute atomic E-state index is 0.0902. The Labute approximate surface area is 242 Å². The second-order valence-corrected chi connectivity index (χ2v) is 11.1. The van der Waals surface area contributed by atoms with Gasteiger partial charge in [-0.3, -0.25) is 14.4 Å². The Kier molecular flexibility index (Phi) is 6.63. The molecule has 4 aliphatic rings. The Morgan fingerprint density at radius 1 is 1.02 bits per heavy atom. The van der Waals surface area contributed by atoms with Gasteiger partial charge in [-0.2, -0.15) is 0 Å². The van der Waals surface area contributed by atoms with Crippen LogP contribution < -0.4 is 0 Å².